The third-order valence-corrected chi connectivity index (χ3v) is 5.34. The average molecular weight is 403 g/mol. The molecule has 0 atom stereocenters. The van der Waals surface area contributed by atoms with Crippen molar-refractivity contribution in [3.05, 3.63) is 69.8 Å². The summed E-state index contributed by atoms with van der Waals surface area (Å²) in [6.45, 7) is 3.49. The quantitative estimate of drug-likeness (QED) is 0.396. The molecule has 8 nitrogen and oxygen atoms in total. The van der Waals surface area contributed by atoms with Crippen LogP contribution in [0.5, 0.6) is 0 Å². The number of nitrogens with one attached hydrogen (secondary N) is 2. The molecule has 0 heterocycles. The van der Waals surface area contributed by atoms with Crippen molar-refractivity contribution in [1.82, 2.24) is 0 Å². The minimum Gasteiger partial charge on any atom is -0.322 e. The number of nitro benzene ring substituents is 1. The summed E-state index contributed by atoms with van der Waals surface area (Å²) < 4.78 is 26.4. The van der Waals surface area contributed by atoms with E-state index in [1.807, 2.05) is 0 Å². The molecule has 0 aliphatic carbocycles. The normalized spacial score (nSPS) is 11.4. The largest absolute Gasteiger partial charge is 0.322 e. The van der Waals surface area contributed by atoms with Gasteiger partial charge in [0.15, 0.2) is 0 Å². The fourth-order valence-electron chi connectivity index (χ4n) is 2.42. The molecule has 28 heavy (non-hydrogen) atoms. The molecule has 0 aromatic heterocycles. The van der Waals surface area contributed by atoms with Crippen molar-refractivity contribution in [2.45, 2.75) is 20.3 Å². The van der Waals surface area contributed by atoms with Gasteiger partial charge < -0.3 is 5.32 Å². The summed E-state index contributed by atoms with van der Waals surface area (Å²) >= 11 is 0. The number of rotatable bonds is 8. The maximum Gasteiger partial charge on any atom is 0.269 e. The van der Waals surface area contributed by atoms with Crippen LogP contribution in [0.15, 0.2) is 48.5 Å². The topological polar surface area (TPSA) is 118 Å². The summed E-state index contributed by atoms with van der Waals surface area (Å²) in [6.07, 6.45) is 3.33. The highest BCUT2D eigenvalue weighted by Crippen LogP contribution is 2.24. The zero-order valence-electron chi connectivity index (χ0n) is 15.5. The predicted molar refractivity (Wildman–Crippen MR) is 110 cm³/mol. The van der Waals surface area contributed by atoms with E-state index in [2.05, 4.69) is 10.0 Å². The zero-order valence-corrected chi connectivity index (χ0v) is 16.3. The number of amides is 1. The fourth-order valence-corrected chi connectivity index (χ4v) is 3.62. The van der Waals surface area contributed by atoms with Crippen molar-refractivity contribution in [2.75, 3.05) is 15.8 Å². The van der Waals surface area contributed by atoms with E-state index in [0.717, 1.165) is 0 Å². The number of benzene rings is 2. The van der Waals surface area contributed by atoms with E-state index in [4.69, 9.17) is 0 Å². The summed E-state index contributed by atoms with van der Waals surface area (Å²) in [5.41, 5.74) is 2.10. The van der Waals surface area contributed by atoms with Gasteiger partial charge in [-0.2, -0.15) is 0 Å². The van der Waals surface area contributed by atoms with E-state index in [-0.39, 0.29) is 11.4 Å². The number of nitrogens with zero attached hydrogens (tertiary/aromatic N) is 1. The summed E-state index contributed by atoms with van der Waals surface area (Å²) in [6, 6.07) is 10.7. The molecular formula is C19H21N3O5S. The monoisotopic (exact) mass is 403 g/mol. The molecule has 0 spiro atoms. The van der Waals surface area contributed by atoms with E-state index in [1.165, 1.54) is 36.4 Å². The van der Waals surface area contributed by atoms with E-state index in [0.29, 0.717) is 28.9 Å². The number of non-ortho nitro benzene ring substituents is 1. The molecule has 1 amide bonds. The molecule has 0 unspecified atom stereocenters. The Kier molecular flexibility index (Phi) is 6.89. The minimum atomic E-state index is -3.43. The van der Waals surface area contributed by atoms with Gasteiger partial charge in [-0.3, -0.25) is 19.6 Å². The Morgan fingerprint density at radius 2 is 1.79 bits per heavy atom. The number of nitro groups is 1. The van der Waals surface area contributed by atoms with Crippen LogP contribution in [0.25, 0.3) is 6.08 Å². The number of sulfonamides is 1. The van der Waals surface area contributed by atoms with Gasteiger partial charge in [-0.25, -0.2) is 8.42 Å². The zero-order chi connectivity index (χ0) is 20.7. The molecule has 9 heteroatoms. The van der Waals surface area contributed by atoms with Crippen LogP contribution < -0.4 is 10.0 Å². The van der Waals surface area contributed by atoms with E-state index >= 15 is 0 Å². The van der Waals surface area contributed by atoms with Crippen molar-refractivity contribution < 1.29 is 18.1 Å². The Bertz CT molecular complexity index is 999. The lowest BCUT2D eigenvalue weighted by Crippen LogP contribution is -2.17. The minimum absolute atomic E-state index is 0.0149. The molecule has 2 N–H and O–H groups in total. The van der Waals surface area contributed by atoms with E-state index in [9.17, 15) is 23.3 Å². The Labute approximate surface area is 163 Å². The van der Waals surface area contributed by atoms with Gasteiger partial charge in [0.25, 0.3) is 5.69 Å². The second kappa shape index (κ2) is 9.14. The Morgan fingerprint density at radius 3 is 2.39 bits per heavy atom. The first-order chi connectivity index (χ1) is 13.2. The molecule has 0 saturated heterocycles. The Hall–Kier alpha value is -3.20. The summed E-state index contributed by atoms with van der Waals surface area (Å²) in [4.78, 5) is 22.3. The molecular weight excluding hydrogens is 382 g/mol. The van der Waals surface area contributed by atoms with Crippen LogP contribution in [0.3, 0.4) is 0 Å². The maximum absolute atomic E-state index is 12.2. The van der Waals surface area contributed by atoms with E-state index < -0.39 is 20.9 Å². The number of hydrogen-bond acceptors (Lipinski definition) is 5. The van der Waals surface area contributed by atoms with Gasteiger partial charge in [-0.1, -0.05) is 13.0 Å². The molecule has 148 valence electrons. The average Bonchev–Trinajstić information content (AvgIpc) is 2.63. The smallest absolute Gasteiger partial charge is 0.269 e. The van der Waals surface area contributed by atoms with Crippen molar-refractivity contribution >= 4 is 39.1 Å². The van der Waals surface area contributed by atoms with Gasteiger partial charge in [0.05, 0.1) is 16.4 Å². The highest BCUT2D eigenvalue weighted by atomic mass is 32.2. The fraction of sp³-hybridized carbons (Fsp3) is 0.211. The molecule has 0 saturated carbocycles. The van der Waals surface area contributed by atoms with Crippen molar-refractivity contribution in [3.8, 4) is 0 Å². The first-order valence-corrected chi connectivity index (χ1v) is 10.2. The van der Waals surface area contributed by atoms with Gasteiger partial charge in [-0.05, 0) is 54.8 Å². The van der Waals surface area contributed by atoms with Gasteiger partial charge >= 0.3 is 0 Å². The first-order valence-electron chi connectivity index (χ1n) is 8.55. The van der Waals surface area contributed by atoms with Crippen LogP contribution in [0.4, 0.5) is 17.1 Å². The third-order valence-electron chi connectivity index (χ3n) is 3.86. The first kappa shape index (κ1) is 21.1. The lowest BCUT2D eigenvalue weighted by Gasteiger charge is -2.13. The third kappa shape index (κ3) is 5.92. The summed E-state index contributed by atoms with van der Waals surface area (Å²) in [5.74, 6) is -0.393. The lowest BCUT2D eigenvalue weighted by atomic mass is 10.1. The van der Waals surface area contributed by atoms with Gasteiger partial charge in [0, 0.05) is 23.9 Å². The van der Waals surface area contributed by atoms with Crippen LogP contribution >= 0.6 is 0 Å². The second-order valence-electron chi connectivity index (χ2n) is 6.07. The molecule has 0 radical (unpaired) electrons. The molecule has 2 rings (SSSR count). The van der Waals surface area contributed by atoms with Crippen LogP contribution in [0.2, 0.25) is 0 Å². The highest BCUT2D eigenvalue weighted by molar-refractivity contribution is 7.92. The van der Waals surface area contributed by atoms with Crippen LogP contribution in [0, 0.1) is 17.0 Å². The number of carbonyl (C=O) groups excluding carboxylic acids is 1. The highest BCUT2D eigenvalue weighted by Gasteiger charge is 2.12. The molecule has 2 aromatic carbocycles. The maximum atomic E-state index is 12.2. The summed E-state index contributed by atoms with van der Waals surface area (Å²) in [5, 5.41) is 13.3. The van der Waals surface area contributed by atoms with Crippen molar-refractivity contribution in [3.63, 3.8) is 0 Å². The Balaban J connectivity index is 2.09. The van der Waals surface area contributed by atoms with Crippen LogP contribution in [0.1, 0.15) is 24.5 Å². The molecule has 0 aliphatic rings. The second-order valence-corrected chi connectivity index (χ2v) is 7.91. The summed E-state index contributed by atoms with van der Waals surface area (Å²) in [7, 11) is -3.43. The number of hydrogen-bond donors (Lipinski definition) is 2. The predicted octanol–water partition coefficient (Wildman–Crippen LogP) is 3.71. The van der Waals surface area contributed by atoms with Crippen LogP contribution in [-0.2, 0) is 14.8 Å². The number of carbonyl (C=O) groups is 1. The van der Waals surface area contributed by atoms with Gasteiger partial charge in [0.1, 0.15) is 0 Å². The van der Waals surface area contributed by atoms with Crippen LogP contribution in [-0.4, -0.2) is 25.0 Å². The van der Waals surface area contributed by atoms with E-state index in [1.54, 1.807) is 32.0 Å². The Morgan fingerprint density at radius 1 is 1.14 bits per heavy atom. The number of anilines is 2. The molecule has 0 aliphatic heterocycles. The molecule has 2 aromatic rings. The lowest BCUT2D eigenvalue weighted by molar-refractivity contribution is -0.384. The van der Waals surface area contributed by atoms with Crippen molar-refractivity contribution in [2.24, 2.45) is 0 Å². The van der Waals surface area contributed by atoms with Gasteiger partial charge in [-0.15, -0.1) is 0 Å². The molecule has 0 fully saturated rings. The molecule has 0 bridgehead atoms. The van der Waals surface area contributed by atoms with Crippen molar-refractivity contribution in [1.29, 1.82) is 0 Å². The SMILES string of the molecule is CCCS(=O)(=O)Nc1cccc(NC(=O)/C=C/c2ccc([N+](=O)[O-])cc2)c1C. The standard InChI is InChI=1S/C19H21N3O5S/c1-3-13-28(26,27)21-18-6-4-5-17(14(18)2)20-19(23)12-9-15-7-10-16(11-8-15)22(24)25/h4-12,21H,3,13H2,1-2H3,(H,20,23)/b12-9+. The van der Waals surface area contributed by atoms with Gasteiger partial charge in [0.2, 0.25) is 15.9 Å².